The van der Waals surface area contributed by atoms with Crippen LogP contribution in [0.25, 0.3) is 0 Å². The third-order valence-electron chi connectivity index (χ3n) is 3.39. The second kappa shape index (κ2) is 7.96. The molecule has 1 saturated heterocycles. The summed E-state index contributed by atoms with van der Waals surface area (Å²) in [5, 5.41) is 8.23. The molecule has 0 spiro atoms. The molecule has 1 fully saturated rings. The van der Waals surface area contributed by atoms with Gasteiger partial charge in [-0.25, -0.2) is 9.29 Å². The molecule has 0 bridgehead atoms. The van der Waals surface area contributed by atoms with Crippen LogP contribution < -0.4 is 10.6 Å². The Balaban J connectivity index is 2.34. The summed E-state index contributed by atoms with van der Waals surface area (Å²) in [6, 6.07) is 0. The van der Waals surface area contributed by atoms with Gasteiger partial charge < -0.3 is 20.2 Å². The number of hydrogen-bond donors (Lipinski definition) is 3. The quantitative estimate of drug-likeness (QED) is 0.156. The van der Waals surface area contributed by atoms with Gasteiger partial charge in [0.2, 0.25) is 11.6 Å². The lowest BCUT2D eigenvalue weighted by molar-refractivity contribution is -0.178. The molecule has 0 radical (unpaired) electrons. The number of β-lactam (4-membered cyclic amide) rings is 1. The number of hydrogen-bond acceptors (Lipinski definition) is 10. The molecule has 3 amide bonds. The number of rotatable bonds is 7. The number of halogens is 1. The van der Waals surface area contributed by atoms with Crippen LogP contribution in [0, 0.1) is 0 Å². The van der Waals surface area contributed by atoms with Crippen molar-refractivity contribution in [3.8, 4) is 0 Å². The first kappa shape index (κ1) is 22.0. The Morgan fingerprint density at radius 3 is 2.54 bits per heavy atom. The fourth-order valence-electron chi connectivity index (χ4n) is 2.16. The maximum atomic E-state index is 12.7. The maximum Gasteiger partial charge on any atom is 0.362 e. The van der Waals surface area contributed by atoms with E-state index in [2.05, 4.69) is 25.6 Å². The van der Waals surface area contributed by atoms with Crippen molar-refractivity contribution in [2.24, 2.45) is 5.16 Å². The van der Waals surface area contributed by atoms with Gasteiger partial charge in [-0.05, 0) is 0 Å². The number of amides is 3. The van der Waals surface area contributed by atoms with Crippen molar-refractivity contribution >= 4 is 61.7 Å². The van der Waals surface area contributed by atoms with Crippen LogP contribution in [-0.4, -0.2) is 72.2 Å². The molecule has 1 aliphatic heterocycles. The second-order valence-electron chi connectivity index (χ2n) is 5.22. The monoisotopic (exact) mass is 455 g/mol. The van der Waals surface area contributed by atoms with Gasteiger partial charge in [-0.2, -0.15) is 8.42 Å². The average molecular weight is 456 g/mol. The topological polar surface area (TPSA) is 177 Å². The summed E-state index contributed by atoms with van der Waals surface area (Å²) in [6.45, 7) is 0.547. The smallest absolute Gasteiger partial charge is 0.362 e. The SMILES string of the molecule is CON=C(C(=O)NC1(OC)CN(S(=O)(=O)O)C1=O)c1nc(Cl)sc1NC(C)=O. The lowest BCUT2D eigenvalue weighted by atomic mass is 10.1. The predicted molar refractivity (Wildman–Crippen MR) is 96.1 cm³/mol. The Labute approximate surface area is 167 Å². The highest BCUT2D eigenvalue weighted by Crippen LogP contribution is 2.30. The summed E-state index contributed by atoms with van der Waals surface area (Å²) in [7, 11) is -2.62. The number of anilines is 1. The summed E-state index contributed by atoms with van der Waals surface area (Å²) < 4.78 is 36.2. The fraction of sp³-hybridized carbons (Fsp3) is 0.417. The number of carbonyl (C=O) groups is 3. The normalized spacial score (nSPS) is 19.8. The van der Waals surface area contributed by atoms with Crippen LogP contribution in [-0.2, 0) is 34.3 Å². The Bertz CT molecular complexity index is 961. The van der Waals surface area contributed by atoms with E-state index < -0.39 is 46.0 Å². The third kappa shape index (κ3) is 4.22. The number of oxime groups is 1. The number of nitrogens with zero attached hydrogens (tertiary/aromatic N) is 3. The molecular weight excluding hydrogens is 442 g/mol. The van der Waals surface area contributed by atoms with E-state index in [4.69, 9.17) is 20.9 Å². The summed E-state index contributed by atoms with van der Waals surface area (Å²) in [5.74, 6) is -2.73. The van der Waals surface area contributed by atoms with Crippen LogP contribution in [0.2, 0.25) is 4.47 Å². The Kier molecular flexibility index (Phi) is 6.24. The van der Waals surface area contributed by atoms with Gasteiger partial charge in [0.05, 0.1) is 6.54 Å². The van der Waals surface area contributed by atoms with Gasteiger partial charge in [-0.1, -0.05) is 28.1 Å². The van der Waals surface area contributed by atoms with Crippen molar-refractivity contribution in [3.05, 3.63) is 10.2 Å². The molecule has 3 N–H and O–H groups in total. The molecular formula is C12H14ClN5O8S2. The number of methoxy groups -OCH3 is 1. The summed E-state index contributed by atoms with van der Waals surface area (Å²) in [6.07, 6.45) is 0. The van der Waals surface area contributed by atoms with Gasteiger partial charge in [-0.15, -0.1) is 0 Å². The van der Waals surface area contributed by atoms with Crippen molar-refractivity contribution in [2.45, 2.75) is 12.6 Å². The molecule has 2 heterocycles. The van der Waals surface area contributed by atoms with Crippen molar-refractivity contribution in [1.29, 1.82) is 0 Å². The third-order valence-corrected chi connectivity index (χ3v) is 5.32. The summed E-state index contributed by atoms with van der Waals surface area (Å²) in [4.78, 5) is 44.6. The molecule has 13 nitrogen and oxygen atoms in total. The van der Waals surface area contributed by atoms with E-state index in [0.717, 1.165) is 25.6 Å². The van der Waals surface area contributed by atoms with Gasteiger partial charge in [0, 0.05) is 14.0 Å². The van der Waals surface area contributed by atoms with E-state index in [1.807, 2.05) is 0 Å². The lowest BCUT2D eigenvalue weighted by Crippen LogP contribution is -2.76. The van der Waals surface area contributed by atoms with Crippen LogP contribution in [0.15, 0.2) is 5.16 Å². The molecule has 154 valence electrons. The molecule has 1 unspecified atom stereocenters. The van der Waals surface area contributed by atoms with Crippen LogP contribution in [0.3, 0.4) is 0 Å². The standard InChI is InChI=1S/C12H14ClN5O8S2/c1-5(19)14-9-7(15-11(13)27-9)6(17-26-3)8(20)16-12(25-2)4-18(10(12)21)28(22,23)24/h4H2,1-3H3,(H,14,19)(H,16,20)(H,22,23,24). The minimum absolute atomic E-state index is 0.0194. The zero-order valence-corrected chi connectivity index (χ0v) is 16.9. The average Bonchev–Trinajstić information content (AvgIpc) is 2.93. The largest absolute Gasteiger partial charge is 0.398 e. The van der Waals surface area contributed by atoms with Crippen LogP contribution in [0.4, 0.5) is 5.00 Å². The van der Waals surface area contributed by atoms with Gasteiger partial charge in [-0.3, -0.25) is 18.9 Å². The van der Waals surface area contributed by atoms with Crippen molar-refractivity contribution in [3.63, 3.8) is 0 Å². The summed E-state index contributed by atoms with van der Waals surface area (Å²) in [5.41, 5.74) is -2.67. The van der Waals surface area contributed by atoms with Crippen molar-refractivity contribution in [1.82, 2.24) is 14.6 Å². The zero-order valence-electron chi connectivity index (χ0n) is 14.5. The van der Waals surface area contributed by atoms with Crippen LogP contribution in [0.1, 0.15) is 12.6 Å². The Morgan fingerprint density at radius 2 is 2.07 bits per heavy atom. The second-order valence-corrected chi connectivity index (χ2v) is 8.14. The number of aromatic nitrogens is 1. The van der Waals surface area contributed by atoms with Crippen molar-refractivity contribution in [2.75, 3.05) is 26.1 Å². The maximum absolute atomic E-state index is 12.7. The molecule has 0 aliphatic carbocycles. The van der Waals surface area contributed by atoms with E-state index >= 15 is 0 Å². The molecule has 1 aliphatic rings. The van der Waals surface area contributed by atoms with E-state index in [9.17, 15) is 22.8 Å². The van der Waals surface area contributed by atoms with Gasteiger partial charge >= 0.3 is 10.3 Å². The minimum atomic E-state index is -4.81. The van der Waals surface area contributed by atoms with Gasteiger partial charge in [0.25, 0.3) is 11.8 Å². The molecule has 0 aromatic carbocycles. The highest BCUT2D eigenvalue weighted by Gasteiger charge is 2.59. The minimum Gasteiger partial charge on any atom is -0.398 e. The Hall–Kier alpha value is -2.33. The predicted octanol–water partition coefficient (Wildman–Crippen LogP) is -0.791. The number of carbonyl (C=O) groups excluding carboxylic acids is 3. The van der Waals surface area contributed by atoms with E-state index in [-0.39, 0.29) is 19.5 Å². The molecule has 1 atom stereocenters. The first-order valence-corrected chi connectivity index (χ1v) is 9.77. The van der Waals surface area contributed by atoms with Crippen LogP contribution in [0.5, 0.6) is 0 Å². The van der Waals surface area contributed by atoms with Crippen molar-refractivity contribution < 1.29 is 36.9 Å². The number of nitrogens with one attached hydrogen (secondary N) is 2. The highest BCUT2D eigenvalue weighted by molar-refractivity contribution is 7.84. The van der Waals surface area contributed by atoms with Gasteiger partial charge in [0.15, 0.2) is 10.2 Å². The first-order valence-electron chi connectivity index (χ1n) is 7.18. The zero-order chi connectivity index (χ0) is 21.3. The first-order chi connectivity index (χ1) is 12.9. The Morgan fingerprint density at radius 1 is 1.43 bits per heavy atom. The van der Waals surface area contributed by atoms with E-state index in [1.54, 1.807) is 0 Å². The van der Waals surface area contributed by atoms with E-state index in [1.165, 1.54) is 6.92 Å². The van der Waals surface area contributed by atoms with Crippen LogP contribution >= 0.6 is 22.9 Å². The van der Waals surface area contributed by atoms with Gasteiger partial charge in [0.1, 0.15) is 17.8 Å². The summed E-state index contributed by atoms with van der Waals surface area (Å²) >= 11 is 6.69. The molecule has 0 saturated carbocycles. The molecule has 2 rings (SSSR count). The van der Waals surface area contributed by atoms with E-state index in [0.29, 0.717) is 0 Å². The number of ether oxygens (including phenoxy) is 1. The highest BCUT2D eigenvalue weighted by atomic mass is 35.5. The lowest BCUT2D eigenvalue weighted by Gasteiger charge is -2.44. The molecule has 16 heteroatoms. The molecule has 1 aromatic heterocycles. The number of thiazole rings is 1. The molecule has 1 aromatic rings. The molecule has 28 heavy (non-hydrogen) atoms. The fourth-order valence-corrected chi connectivity index (χ4v) is 3.92.